The molecule has 1 aromatic carbocycles. The fraction of sp³-hybridized carbons (Fsp3) is 0.588. The minimum absolute atomic E-state index is 0.677. The summed E-state index contributed by atoms with van der Waals surface area (Å²) in [5.41, 5.74) is 0.677. The van der Waals surface area contributed by atoms with Gasteiger partial charge in [-0.2, -0.15) is 5.26 Å². The van der Waals surface area contributed by atoms with Gasteiger partial charge in [0.05, 0.1) is 18.2 Å². The van der Waals surface area contributed by atoms with Crippen LogP contribution in [0.5, 0.6) is 5.75 Å². The van der Waals surface area contributed by atoms with Crippen LogP contribution < -0.4 is 4.74 Å². The molecular formula is C17H23N3O. The lowest BCUT2D eigenvalue weighted by Crippen LogP contribution is -2.47. The number of hydrogen-bond acceptors (Lipinski definition) is 4. The van der Waals surface area contributed by atoms with Crippen molar-refractivity contribution in [2.75, 3.05) is 39.3 Å². The first-order chi connectivity index (χ1) is 10.3. The van der Waals surface area contributed by atoms with Crippen molar-refractivity contribution >= 4 is 0 Å². The number of rotatable bonds is 6. The van der Waals surface area contributed by atoms with Crippen LogP contribution in [-0.2, 0) is 0 Å². The molecule has 0 amide bonds. The van der Waals surface area contributed by atoms with Gasteiger partial charge < -0.3 is 9.64 Å². The highest BCUT2D eigenvalue weighted by Gasteiger charge is 2.30. The highest BCUT2D eigenvalue weighted by molar-refractivity contribution is 5.34. The molecule has 0 bridgehead atoms. The number of benzene rings is 1. The zero-order valence-corrected chi connectivity index (χ0v) is 12.5. The molecule has 0 aromatic heterocycles. The predicted octanol–water partition coefficient (Wildman–Crippen LogP) is 2.11. The van der Waals surface area contributed by atoms with E-state index in [1.54, 1.807) is 12.1 Å². The number of nitriles is 1. The molecule has 1 aliphatic heterocycles. The van der Waals surface area contributed by atoms with E-state index in [2.05, 4.69) is 15.9 Å². The van der Waals surface area contributed by atoms with Crippen molar-refractivity contribution in [3.8, 4) is 11.8 Å². The third kappa shape index (κ3) is 4.20. The molecule has 0 spiro atoms. The summed E-state index contributed by atoms with van der Waals surface area (Å²) in [7, 11) is 0. The van der Waals surface area contributed by atoms with Crippen LogP contribution >= 0.6 is 0 Å². The zero-order valence-electron chi connectivity index (χ0n) is 12.5. The average molecular weight is 285 g/mol. The van der Waals surface area contributed by atoms with Gasteiger partial charge in [0.25, 0.3) is 0 Å². The summed E-state index contributed by atoms with van der Waals surface area (Å²) in [5, 5.41) is 8.74. The molecule has 1 saturated carbocycles. The van der Waals surface area contributed by atoms with Crippen LogP contribution in [0.25, 0.3) is 0 Å². The van der Waals surface area contributed by atoms with Gasteiger partial charge in [0.1, 0.15) is 5.75 Å². The molecule has 2 aliphatic rings. The van der Waals surface area contributed by atoms with Gasteiger partial charge in [0, 0.05) is 38.8 Å². The summed E-state index contributed by atoms with van der Waals surface area (Å²) >= 11 is 0. The Morgan fingerprint density at radius 2 is 1.81 bits per heavy atom. The second kappa shape index (κ2) is 6.93. The second-order valence-corrected chi connectivity index (χ2v) is 5.95. The van der Waals surface area contributed by atoms with Gasteiger partial charge in [0.2, 0.25) is 0 Å². The molecule has 1 saturated heterocycles. The SMILES string of the molecule is N#Cc1ccc(OCCCN2CCN(C3CC3)CC2)cc1. The summed E-state index contributed by atoms with van der Waals surface area (Å²) < 4.78 is 5.72. The Morgan fingerprint density at radius 3 is 2.43 bits per heavy atom. The normalized spacial score (nSPS) is 20.1. The molecule has 2 fully saturated rings. The first-order valence-electron chi connectivity index (χ1n) is 7.94. The number of piperazine rings is 1. The summed E-state index contributed by atoms with van der Waals surface area (Å²) in [6, 6.07) is 10.4. The Hall–Kier alpha value is -1.57. The molecule has 3 rings (SSSR count). The van der Waals surface area contributed by atoms with Crippen molar-refractivity contribution in [2.24, 2.45) is 0 Å². The lowest BCUT2D eigenvalue weighted by atomic mass is 10.2. The van der Waals surface area contributed by atoms with Crippen LogP contribution in [0.2, 0.25) is 0 Å². The van der Waals surface area contributed by atoms with Gasteiger partial charge in [-0.3, -0.25) is 4.90 Å². The molecule has 21 heavy (non-hydrogen) atoms. The molecule has 1 heterocycles. The molecule has 112 valence electrons. The minimum Gasteiger partial charge on any atom is -0.494 e. The van der Waals surface area contributed by atoms with Crippen LogP contribution in [0.1, 0.15) is 24.8 Å². The molecule has 0 atom stereocenters. The smallest absolute Gasteiger partial charge is 0.119 e. The summed E-state index contributed by atoms with van der Waals surface area (Å²) in [6.07, 6.45) is 3.89. The number of ether oxygens (including phenoxy) is 1. The quantitative estimate of drug-likeness (QED) is 0.751. The van der Waals surface area contributed by atoms with Gasteiger partial charge in [-0.05, 0) is 43.5 Å². The van der Waals surface area contributed by atoms with E-state index in [4.69, 9.17) is 10.00 Å². The third-order valence-electron chi connectivity index (χ3n) is 4.34. The first-order valence-corrected chi connectivity index (χ1v) is 7.94. The number of nitrogens with zero attached hydrogens (tertiary/aromatic N) is 3. The van der Waals surface area contributed by atoms with Crippen molar-refractivity contribution in [3.05, 3.63) is 29.8 Å². The van der Waals surface area contributed by atoms with Crippen molar-refractivity contribution in [1.29, 1.82) is 5.26 Å². The van der Waals surface area contributed by atoms with Crippen molar-refractivity contribution in [1.82, 2.24) is 9.80 Å². The molecule has 0 N–H and O–H groups in total. The van der Waals surface area contributed by atoms with Gasteiger partial charge >= 0.3 is 0 Å². The van der Waals surface area contributed by atoms with E-state index in [0.717, 1.165) is 31.4 Å². The van der Waals surface area contributed by atoms with Crippen LogP contribution in [0, 0.1) is 11.3 Å². The van der Waals surface area contributed by atoms with E-state index >= 15 is 0 Å². The summed E-state index contributed by atoms with van der Waals surface area (Å²) in [6.45, 7) is 6.74. The monoisotopic (exact) mass is 285 g/mol. The fourth-order valence-corrected chi connectivity index (χ4v) is 2.90. The van der Waals surface area contributed by atoms with Gasteiger partial charge in [-0.25, -0.2) is 0 Å². The summed E-state index contributed by atoms with van der Waals surface area (Å²) in [5.74, 6) is 0.854. The highest BCUT2D eigenvalue weighted by atomic mass is 16.5. The maximum absolute atomic E-state index is 8.74. The Morgan fingerprint density at radius 1 is 1.10 bits per heavy atom. The van der Waals surface area contributed by atoms with E-state index in [1.807, 2.05) is 12.1 Å². The molecule has 4 heteroatoms. The van der Waals surface area contributed by atoms with E-state index in [1.165, 1.54) is 39.0 Å². The Bertz CT molecular complexity index is 482. The van der Waals surface area contributed by atoms with E-state index in [0.29, 0.717) is 5.56 Å². The fourth-order valence-electron chi connectivity index (χ4n) is 2.90. The van der Waals surface area contributed by atoms with Gasteiger partial charge in [0.15, 0.2) is 0 Å². The lowest BCUT2D eigenvalue weighted by molar-refractivity contribution is 0.121. The van der Waals surface area contributed by atoms with Gasteiger partial charge in [-0.1, -0.05) is 0 Å². The molecule has 0 radical (unpaired) electrons. The Labute approximate surface area is 126 Å². The molecule has 0 unspecified atom stereocenters. The second-order valence-electron chi connectivity index (χ2n) is 5.95. The zero-order chi connectivity index (χ0) is 14.5. The van der Waals surface area contributed by atoms with Crippen molar-refractivity contribution < 1.29 is 4.74 Å². The van der Waals surface area contributed by atoms with E-state index in [-0.39, 0.29) is 0 Å². The Kier molecular flexibility index (Phi) is 4.74. The van der Waals surface area contributed by atoms with Crippen molar-refractivity contribution in [2.45, 2.75) is 25.3 Å². The van der Waals surface area contributed by atoms with E-state index in [9.17, 15) is 0 Å². The van der Waals surface area contributed by atoms with Crippen LogP contribution in [0.15, 0.2) is 24.3 Å². The summed E-state index contributed by atoms with van der Waals surface area (Å²) in [4.78, 5) is 5.19. The van der Waals surface area contributed by atoms with Crippen LogP contribution in [0.4, 0.5) is 0 Å². The number of hydrogen-bond donors (Lipinski definition) is 0. The molecular weight excluding hydrogens is 262 g/mol. The maximum Gasteiger partial charge on any atom is 0.119 e. The lowest BCUT2D eigenvalue weighted by Gasteiger charge is -2.34. The molecule has 4 nitrogen and oxygen atoms in total. The van der Waals surface area contributed by atoms with Crippen molar-refractivity contribution in [3.63, 3.8) is 0 Å². The third-order valence-corrected chi connectivity index (χ3v) is 4.34. The predicted molar refractivity (Wildman–Crippen MR) is 82.3 cm³/mol. The Balaban J connectivity index is 1.30. The first kappa shape index (κ1) is 14.4. The highest BCUT2D eigenvalue weighted by Crippen LogP contribution is 2.27. The maximum atomic E-state index is 8.74. The largest absolute Gasteiger partial charge is 0.494 e. The molecule has 1 aliphatic carbocycles. The van der Waals surface area contributed by atoms with E-state index < -0.39 is 0 Å². The minimum atomic E-state index is 0.677. The van der Waals surface area contributed by atoms with Crippen LogP contribution in [-0.4, -0.2) is 55.2 Å². The average Bonchev–Trinajstić information content (AvgIpc) is 3.38. The standard InChI is InChI=1S/C17H23N3O/c18-14-15-2-6-17(7-3-15)21-13-1-8-19-9-11-20(12-10-19)16-4-5-16/h2-3,6-7,16H,1,4-5,8-13H2. The molecule has 1 aromatic rings. The van der Waals surface area contributed by atoms with Crippen LogP contribution in [0.3, 0.4) is 0 Å². The van der Waals surface area contributed by atoms with Gasteiger partial charge in [-0.15, -0.1) is 0 Å². The topological polar surface area (TPSA) is 39.5 Å².